The molecule has 3 nitrogen and oxygen atoms in total. The third-order valence-electron chi connectivity index (χ3n) is 3.17. The van der Waals surface area contributed by atoms with Gasteiger partial charge in [0.25, 0.3) is 0 Å². The summed E-state index contributed by atoms with van der Waals surface area (Å²) in [6.45, 7) is 5.84. The summed E-state index contributed by atoms with van der Waals surface area (Å²) in [5.74, 6) is 0.780. The van der Waals surface area contributed by atoms with Gasteiger partial charge >= 0.3 is 0 Å². The normalized spacial score (nSPS) is 11.6. The van der Waals surface area contributed by atoms with Gasteiger partial charge in [-0.05, 0) is 54.4 Å². The highest BCUT2D eigenvalue weighted by atomic mass is 79.9. The average molecular weight is 324 g/mol. The molecule has 2 rings (SSSR count). The Morgan fingerprint density at radius 3 is 2.26 bits per heavy atom. The van der Waals surface area contributed by atoms with Crippen LogP contribution in [-0.2, 0) is 5.41 Å². The first-order valence-corrected chi connectivity index (χ1v) is 6.68. The molecule has 2 N–H and O–H groups in total. The minimum absolute atomic E-state index is 0.257. The Labute approximate surface area is 120 Å². The third-order valence-corrected chi connectivity index (χ3v) is 4.15. The molecule has 1 aromatic heterocycles. The van der Waals surface area contributed by atoms with Gasteiger partial charge in [0.15, 0.2) is 0 Å². The Morgan fingerprint density at radius 2 is 1.74 bits per heavy atom. The maximum Gasteiger partial charge on any atom is 0.141 e. The summed E-state index contributed by atoms with van der Waals surface area (Å²) < 4.78 is 13.7. The monoisotopic (exact) mass is 323 g/mol. The number of rotatable bonds is 2. The topological polar surface area (TPSA) is 51.8 Å². The van der Waals surface area contributed by atoms with Crippen LogP contribution in [0.3, 0.4) is 0 Å². The summed E-state index contributed by atoms with van der Waals surface area (Å²) >= 11 is 3.35. The molecular weight excluding hydrogens is 309 g/mol. The summed E-state index contributed by atoms with van der Waals surface area (Å²) in [5.41, 5.74) is 7.15. The Kier molecular flexibility index (Phi) is 3.58. The van der Waals surface area contributed by atoms with Gasteiger partial charge in [0.2, 0.25) is 0 Å². The maximum absolute atomic E-state index is 13.0. The zero-order chi connectivity index (χ0) is 14.2. The minimum atomic E-state index is -0.437. The highest BCUT2D eigenvalue weighted by molar-refractivity contribution is 9.10. The van der Waals surface area contributed by atoms with Crippen molar-refractivity contribution < 1.29 is 4.39 Å². The van der Waals surface area contributed by atoms with E-state index >= 15 is 0 Å². The molecule has 0 atom stereocenters. The molecule has 1 heterocycles. The fraction of sp³-hybridized carbons (Fsp3) is 0.286. The van der Waals surface area contributed by atoms with E-state index in [2.05, 4.69) is 25.9 Å². The van der Waals surface area contributed by atoms with Gasteiger partial charge in [-0.25, -0.2) is 14.4 Å². The Morgan fingerprint density at radius 1 is 1.16 bits per heavy atom. The van der Waals surface area contributed by atoms with Gasteiger partial charge in [0.05, 0.1) is 10.2 Å². The van der Waals surface area contributed by atoms with Crippen LogP contribution in [0.5, 0.6) is 0 Å². The van der Waals surface area contributed by atoms with E-state index in [0.29, 0.717) is 16.1 Å². The molecule has 0 spiro atoms. The van der Waals surface area contributed by atoms with E-state index in [1.165, 1.54) is 12.1 Å². The predicted molar refractivity (Wildman–Crippen MR) is 77.4 cm³/mol. The van der Waals surface area contributed by atoms with Gasteiger partial charge < -0.3 is 5.73 Å². The molecule has 2 aromatic rings. The van der Waals surface area contributed by atoms with Gasteiger partial charge in [-0.3, -0.25) is 0 Å². The second-order valence-corrected chi connectivity index (χ2v) is 5.76. The highest BCUT2D eigenvalue weighted by Gasteiger charge is 2.27. The number of benzene rings is 1. The van der Waals surface area contributed by atoms with Crippen molar-refractivity contribution in [2.75, 3.05) is 5.73 Å². The fourth-order valence-corrected chi connectivity index (χ4v) is 2.03. The number of aryl methyl sites for hydroxylation is 1. The van der Waals surface area contributed by atoms with Crippen molar-refractivity contribution >= 4 is 21.7 Å². The van der Waals surface area contributed by atoms with E-state index < -0.39 is 5.41 Å². The zero-order valence-electron chi connectivity index (χ0n) is 11.0. The van der Waals surface area contributed by atoms with E-state index in [0.717, 1.165) is 11.3 Å². The second-order valence-electron chi connectivity index (χ2n) is 4.96. The molecule has 0 radical (unpaired) electrons. The third kappa shape index (κ3) is 2.61. The van der Waals surface area contributed by atoms with E-state index in [-0.39, 0.29) is 5.82 Å². The van der Waals surface area contributed by atoms with Gasteiger partial charge in [0.1, 0.15) is 17.5 Å². The first kappa shape index (κ1) is 13.9. The van der Waals surface area contributed by atoms with Crippen LogP contribution in [0.2, 0.25) is 0 Å². The fourth-order valence-electron chi connectivity index (χ4n) is 1.86. The van der Waals surface area contributed by atoms with Crippen molar-refractivity contribution in [2.24, 2.45) is 0 Å². The summed E-state index contributed by atoms with van der Waals surface area (Å²) in [4.78, 5) is 8.80. The van der Waals surface area contributed by atoms with Crippen LogP contribution in [0.25, 0.3) is 0 Å². The number of anilines is 1. The first-order chi connectivity index (χ1) is 8.82. The number of nitrogens with two attached hydrogens (primary N) is 1. The van der Waals surface area contributed by atoms with Crippen molar-refractivity contribution in [1.29, 1.82) is 0 Å². The van der Waals surface area contributed by atoms with E-state index in [9.17, 15) is 4.39 Å². The number of hydrogen-bond acceptors (Lipinski definition) is 3. The van der Waals surface area contributed by atoms with Crippen molar-refractivity contribution in [3.8, 4) is 0 Å². The van der Waals surface area contributed by atoms with Crippen LogP contribution >= 0.6 is 15.9 Å². The molecular formula is C14H15BrFN3. The zero-order valence-corrected chi connectivity index (χ0v) is 12.6. The van der Waals surface area contributed by atoms with Crippen LogP contribution < -0.4 is 5.73 Å². The molecule has 1 aromatic carbocycles. The Balaban J connectivity index is 2.52. The van der Waals surface area contributed by atoms with Crippen LogP contribution in [0, 0.1) is 12.7 Å². The first-order valence-electron chi connectivity index (χ1n) is 5.88. The molecule has 0 aliphatic carbocycles. The lowest BCUT2D eigenvalue weighted by molar-refractivity contribution is 0.581. The van der Waals surface area contributed by atoms with Crippen LogP contribution in [0.1, 0.15) is 30.9 Å². The number of nitrogen functional groups attached to an aromatic ring is 1. The Bertz CT molecular complexity index is 586. The van der Waals surface area contributed by atoms with Gasteiger partial charge in [0, 0.05) is 5.41 Å². The molecule has 0 saturated carbocycles. The van der Waals surface area contributed by atoms with Crippen LogP contribution in [0.4, 0.5) is 10.2 Å². The molecule has 0 unspecified atom stereocenters. The molecule has 0 fully saturated rings. The summed E-state index contributed by atoms with van der Waals surface area (Å²) in [6.07, 6.45) is 0. The largest absolute Gasteiger partial charge is 0.383 e. The molecule has 0 aliphatic rings. The SMILES string of the molecule is Cc1nc(C(C)(C)c2ccc(F)cc2)nc(N)c1Br. The predicted octanol–water partition coefficient (Wildman–Crippen LogP) is 3.59. The maximum atomic E-state index is 13.0. The standard InChI is InChI=1S/C14H15BrFN3/c1-8-11(15)12(17)19-13(18-8)14(2,3)9-4-6-10(16)7-5-9/h4-7H,1-3H3,(H2,17,18,19). The quantitative estimate of drug-likeness (QED) is 0.918. The van der Waals surface area contributed by atoms with Crippen molar-refractivity contribution in [1.82, 2.24) is 9.97 Å². The molecule has 0 bridgehead atoms. The van der Waals surface area contributed by atoms with Crippen molar-refractivity contribution in [3.63, 3.8) is 0 Å². The van der Waals surface area contributed by atoms with Crippen molar-refractivity contribution in [3.05, 3.63) is 51.6 Å². The molecule has 0 saturated heterocycles. The summed E-state index contributed by atoms with van der Waals surface area (Å²) in [6, 6.07) is 6.36. The highest BCUT2D eigenvalue weighted by Crippen LogP contribution is 2.31. The van der Waals surface area contributed by atoms with Crippen LogP contribution in [0.15, 0.2) is 28.7 Å². The Hall–Kier alpha value is -1.49. The van der Waals surface area contributed by atoms with Crippen LogP contribution in [-0.4, -0.2) is 9.97 Å². The van der Waals surface area contributed by atoms with E-state index in [4.69, 9.17) is 5.73 Å². The van der Waals surface area contributed by atoms with Gasteiger partial charge in [-0.2, -0.15) is 0 Å². The average Bonchev–Trinajstić information content (AvgIpc) is 2.35. The van der Waals surface area contributed by atoms with Crippen molar-refractivity contribution in [2.45, 2.75) is 26.2 Å². The molecule has 19 heavy (non-hydrogen) atoms. The lowest BCUT2D eigenvalue weighted by atomic mass is 9.83. The molecule has 0 aliphatic heterocycles. The summed E-state index contributed by atoms with van der Waals surface area (Å²) in [7, 11) is 0. The lowest BCUT2D eigenvalue weighted by Crippen LogP contribution is -2.23. The smallest absolute Gasteiger partial charge is 0.141 e. The second kappa shape index (κ2) is 4.89. The van der Waals surface area contributed by atoms with E-state index in [1.54, 1.807) is 12.1 Å². The number of halogens is 2. The minimum Gasteiger partial charge on any atom is -0.383 e. The number of hydrogen-bond donors (Lipinski definition) is 1. The molecule has 5 heteroatoms. The van der Waals surface area contributed by atoms with E-state index in [1.807, 2.05) is 20.8 Å². The number of aromatic nitrogens is 2. The number of nitrogens with zero attached hydrogens (tertiary/aromatic N) is 2. The lowest BCUT2D eigenvalue weighted by Gasteiger charge is -2.24. The van der Waals surface area contributed by atoms with Gasteiger partial charge in [-0.1, -0.05) is 12.1 Å². The molecule has 100 valence electrons. The summed E-state index contributed by atoms with van der Waals surface area (Å²) in [5, 5.41) is 0. The van der Waals surface area contributed by atoms with Gasteiger partial charge in [-0.15, -0.1) is 0 Å². The molecule has 0 amide bonds.